The Morgan fingerprint density at radius 1 is 1.38 bits per heavy atom. The van der Waals surface area contributed by atoms with Crippen LogP contribution in [0.1, 0.15) is 36.6 Å². The Morgan fingerprint density at radius 3 is 2.94 bits per heavy atom. The van der Waals surface area contributed by atoms with E-state index >= 15 is 0 Å². The fourth-order valence-electron chi connectivity index (χ4n) is 2.17. The van der Waals surface area contributed by atoms with Crippen molar-refractivity contribution in [3.63, 3.8) is 0 Å². The van der Waals surface area contributed by atoms with E-state index in [1.807, 2.05) is 0 Å². The lowest BCUT2D eigenvalue weighted by atomic mass is 10.1. The topological polar surface area (TPSA) is 39.2 Å². The minimum atomic E-state index is 0.0696. The molecule has 0 unspecified atom stereocenters. The number of hydrogen-bond donors (Lipinski definition) is 1. The Balaban J connectivity index is 1.91. The molecule has 1 aliphatic carbocycles. The molecule has 1 saturated carbocycles. The molecule has 1 aromatic heterocycles. The summed E-state index contributed by atoms with van der Waals surface area (Å²) in [6, 6.07) is 8.43. The molecule has 0 amide bonds. The minimum absolute atomic E-state index is 0.0696. The third-order valence-corrected chi connectivity index (χ3v) is 3.34. The number of aryl methyl sites for hydroxylation is 1. The van der Waals surface area contributed by atoms with Crippen molar-refractivity contribution in [1.82, 2.24) is 0 Å². The number of rotatable bonds is 3. The van der Waals surface area contributed by atoms with Gasteiger partial charge in [-0.05, 0) is 37.0 Å². The van der Waals surface area contributed by atoms with Gasteiger partial charge in [0.2, 0.25) is 0 Å². The van der Waals surface area contributed by atoms with E-state index in [-0.39, 0.29) is 6.04 Å². The van der Waals surface area contributed by atoms with Crippen molar-refractivity contribution in [2.45, 2.75) is 32.2 Å². The van der Waals surface area contributed by atoms with E-state index < -0.39 is 0 Å². The number of hydrogen-bond acceptors (Lipinski definition) is 2. The summed E-state index contributed by atoms with van der Waals surface area (Å²) in [6.45, 7) is 2.08. The Morgan fingerprint density at radius 2 is 2.19 bits per heavy atom. The van der Waals surface area contributed by atoms with Gasteiger partial charge in [0.1, 0.15) is 11.3 Å². The predicted molar refractivity (Wildman–Crippen MR) is 65.2 cm³/mol. The van der Waals surface area contributed by atoms with Crippen LogP contribution in [0.15, 0.2) is 28.7 Å². The zero-order chi connectivity index (χ0) is 11.1. The van der Waals surface area contributed by atoms with Crippen molar-refractivity contribution < 1.29 is 4.42 Å². The summed E-state index contributed by atoms with van der Waals surface area (Å²) in [7, 11) is 0. The highest BCUT2D eigenvalue weighted by Crippen LogP contribution is 2.37. The molecule has 2 N–H and O–H groups in total. The zero-order valence-electron chi connectivity index (χ0n) is 9.57. The van der Waals surface area contributed by atoms with E-state index in [0.717, 1.165) is 29.1 Å². The van der Waals surface area contributed by atoms with Crippen LogP contribution in [0.4, 0.5) is 0 Å². The molecule has 2 nitrogen and oxygen atoms in total. The third kappa shape index (κ3) is 1.85. The summed E-state index contributed by atoms with van der Waals surface area (Å²) in [5.74, 6) is 1.78. The first-order valence-corrected chi connectivity index (χ1v) is 5.98. The van der Waals surface area contributed by atoms with Gasteiger partial charge in [0, 0.05) is 5.39 Å². The van der Waals surface area contributed by atoms with Gasteiger partial charge in [0.05, 0.1) is 6.04 Å². The average Bonchev–Trinajstić information content (AvgIpc) is 2.95. The summed E-state index contributed by atoms with van der Waals surface area (Å²) >= 11 is 0. The van der Waals surface area contributed by atoms with Gasteiger partial charge in [-0.25, -0.2) is 0 Å². The maximum Gasteiger partial charge on any atom is 0.134 e. The molecule has 1 aliphatic rings. The highest BCUT2D eigenvalue weighted by atomic mass is 16.3. The van der Waals surface area contributed by atoms with Gasteiger partial charge in [-0.3, -0.25) is 0 Å². The Hall–Kier alpha value is -1.28. The van der Waals surface area contributed by atoms with Gasteiger partial charge >= 0.3 is 0 Å². The van der Waals surface area contributed by atoms with E-state index in [0.29, 0.717) is 0 Å². The SMILES string of the molecule is Cc1ccc2cc([C@@H](N)CC3CC3)oc2c1. The Bertz CT molecular complexity index is 510. The van der Waals surface area contributed by atoms with E-state index in [4.69, 9.17) is 10.2 Å². The monoisotopic (exact) mass is 215 g/mol. The van der Waals surface area contributed by atoms with Crippen molar-refractivity contribution in [3.05, 3.63) is 35.6 Å². The second-order valence-corrected chi connectivity index (χ2v) is 4.98. The standard InChI is InChI=1S/C14H17NO/c1-9-2-5-11-8-14(16-13(11)6-9)12(15)7-10-3-4-10/h2,5-6,8,10,12H,3-4,7,15H2,1H3/t12-/m0/s1. The number of nitrogens with two attached hydrogens (primary N) is 1. The summed E-state index contributed by atoms with van der Waals surface area (Å²) < 4.78 is 5.81. The molecule has 3 rings (SSSR count). The van der Waals surface area contributed by atoms with Gasteiger partial charge in [-0.2, -0.15) is 0 Å². The van der Waals surface area contributed by atoms with E-state index in [1.54, 1.807) is 0 Å². The predicted octanol–water partition coefficient (Wildman–Crippen LogP) is 3.54. The molecule has 1 aromatic carbocycles. The normalized spacial score (nSPS) is 17.9. The van der Waals surface area contributed by atoms with Gasteiger partial charge < -0.3 is 10.2 Å². The van der Waals surface area contributed by atoms with Crippen molar-refractivity contribution in [1.29, 1.82) is 0 Å². The summed E-state index contributed by atoms with van der Waals surface area (Å²) in [6.07, 6.45) is 3.75. The molecule has 0 bridgehead atoms. The molecule has 0 spiro atoms. The lowest BCUT2D eigenvalue weighted by molar-refractivity contribution is 0.463. The Kier molecular flexibility index (Phi) is 2.25. The number of furan rings is 1. The molecule has 0 aliphatic heterocycles. The highest BCUT2D eigenvalue weighted by molar-refractivity contribution is 5.78. The minimum Gasteiger partial charge on any atom is -0.459 e. The second kappa shape index (κ2) is 3.63. The van der Waals surface area contributed by atoms with Crippen LogP contribution in [0.2, 0.25) is 0 Å². The van der Waals surface area contributed by atoms with Crippen molar-refractivity contribution in [2.24, 2.45) is 11.7 Å². The van der Waals surface area contributed by atoms with Crippen LogP contribution in [-0.4, -0.2) is 0 Å². The van der Waals surface area contributed by atoms with Crippen LogP contribution in [0.25, 0.3) is 11.0 Å². The second-order valence-electron chi connectivity index (χ2n) is 4.98. The lowest BCUT2D eigenvalue weighted by Gasteiger charge is -2.06. The average molecular weight is 215 g/mol. The van der Waals surface area contributed by atoms with Gasteiger partial charge in [0.25, 0.3) is 0 Å². The molecular weight excluding hydrogens is 198 g/mol. The summed E-state index contributed by atoms with van der Waals surface area (Å²) in [5, 5.41) is 1.16. The molecule has 16 heavy (non-hydrogen) atoms. The fourth-order valence-corrected chi connectivity index (χ4v) is 2.17. The van der Waals surface area contributed by atoms with E-state index in [9.17, 15) is 0 Å². The smallest absolute Gasteiger partial charge is 0.134 e. The first-order chi connectivity index (χ1) is 7.72. The van der Waals surface area contributed by atoms with E-state index in [1.165, 1.54) is 18.4 Å². The van der Waals surface area contributed by atoms with Crippen molar-refractivity contribution >= 4 is 11.0 Å². The van der Waals surface area contributed by atoms with Crippen LogP contribution in [0, 0.1) is 12.8 Å². The largest absolute Gasteiger partial charge is 0.459 e. The summed E-state index contributed by atoms with van der Waals surface area (Å²) in [5.41, 5.74) is 8.33. The van der Waals surface area contributed by atoms with Gasteiger partial charge in [-0.15, -0.1) is 0 Å². The van der Waals surface area contributed by atoms with Crippen LogP contribution < -0.4 is 5.73 Å². The number of benzene rings is 1. The fraction of sp³-hybridized carbons (Fsp3) is 0.429. The molecule has 2 heteroatoms. The Labute approximate surface area is 95.4 Å². The van der Waals surface area contributed by atoms with Crippen molar-refractivity contribution in [3.8, 4) is 0 Å². The van der Waals surface area contributed by atoms with E-state index in [2.05, 4.69) is 31.2 Å². The zero-order valence-corrected chi connectivity index (χ0v) is 9.57. The number of fused-ring (bicyclic) bond motifs is 1. The quantitative estimate of drug-likeness (QED) is 0.850. The van der Waals surface area contributed by atoms with Crippen LogP contribution in [-0.2, 0) is 0 Å². The maximum absolute atomic E-state index is 6.14. The molecule has 0 radical (unpaired) electrons. The lowest BCUT2D eigenvalue weighted by Crippen LogP contribution is -2.09. The third-order valence-electron chi connectivity index (χ3n) is 3.34. The van der Waals surface area contributed by atoms with Crippen LogP contribution in [0.5, 0.6) is 0 Å². The first kappa shape index (κ1) is 9.91. The van der Waals surface area contributed by atoms with Crippen LogP contribution >= 0.6 is 0 Å². The van der Waals surface area contributed by atoms with Crippen molar-refractivity contribution in [2.75, 3.05) is 0 Å². The van der Waals surface area contributed by atoms with Gasteiger partial charge in [0.15, 0.2) is 0 Å². The molecular formula is C14H17NO. The molecule has 1 fully saturated rings. The molecule has 1 heterocycles. The molecule has 1 atom stereocenters. The van der Waals surface area contributed by atoms with Crippen LogP contribution in [0.3, 0.4) is 0 Å². The van der Waals surface area contributed by atoms with Gasteiger partial charge in [-0.1, -0.05) is 25.0 Å². The maximum atomic E-state index is 6.14. The molecule has 2 aromatic rings. The summed E-state index contributed by atoms with van der Waals surface area (Å²) in [4.78, 5) is 0. The molecule has 0 saturated heterocycles. The molecule has 84 valence electrons. The highest BCUT2D eigenvalue weighted by Gasteiger charge is 2.25. The first-order valence-electron chi connectivity index (χ1n) is 5.98.